The number of esters is 2. The average Bonchev–Trinajstić information content (AvgIpc) is 2.71. The van der Waals surface area contributed by atoms with E-state index in [2.05, 4.69) is 91.7 Å². The van der Waals surface area contributed by atoms with E-state index in [0.717, 1.165) is 0 Å². The van der Waals surface area contributed by atoms with Gasteiger partial charge in [0.2, 0.25) is 0 Å². The molecule has 0 fully saturated rings. The zero-order valence-electron chi connectivity index (χ0n) is 28.2. The molecule has 0 amide bonds. The lowest BCUT2D eigenvalue weighted by Gasteiger charge is -2.39. The quantitative estimate of drug-likeness (QED) is 0.0496. The van der Waals surface area contributed by atoms with Gasteiger partial charge >= 0.3 is 30.5 Å². The van der Waals surface area contributed by atoms with Crippen LogP contribution in [0.15, 0.2) is 24.3 Å². The molecule has 240 valence electrons. The molecular formula is C26H58O9Si6. The first kappa shape index (κ1) is 40.5. The van der Waals surface area contributed by atoms with Crippen molar-refractivity contribution in [2.45, 2.75) is 123 Å². The van der Waals surface area contributed by atoms with Crippen LogP contribution >= 0.6 is 0 Å². The summed E-state index contributed by atoms with van der Waals surface area (Å²) < 4.78 is 44.4. The molecule has 0 aliphatic heterocycles. The second kappa shape index (κ2) is 17.1. The summed E-state index contributed by atoms with van der Waals surface area (Å²) in [4.78, 5) is 24.4. The van der Waals surface area contributed by atoms with E-state index in [1.807, 2.05) is 0 Å². The highest BCUT2D eigenvalue weighted by Gasteiger charge is 2.41. The van der Waals surface area contributed by atoms with Gasteiger partial charge in [-0.25, -0.2) is 9.59 Å². The molecule has 0 aliphatic rings. The summed E-state index contributed by atoms with van der Waals surface area (Å²) in [5.41, 5.74) is 0.260. The molecule has 15 heteroatoms. The fourth-order valence-electron chi connectivity index (χ4n) is 3.37. The summed E-state index contributed by atoms with van der Waals surface area (Å²) in [6.07, 6.45) is 0.112. The van der Waals surface area contributed by atoms with Crippen LogP contribution in [0, 0.1) is 0 Å². The number of carbonyl (C=O) groups excluding carboxylic acids is 2. The highest BCUT2D eigenvalue weighted by Crippen LogP contribution is 2.25. The van der Waals surface area contributed by atoms with Gasteiger partial charge < -0.3 is 30.7 Å². The lowest BCUT2D eigenvalue weighted by molar-refractivity contribution is -0.162. The molecule has 0 radical (unpaired) electrons. The maximum absolute atomic E-state index is 12.6. The Morgan fingerprint density at radius 1 is 0.707 bits per heavy atom. The van der Waals surface area contributed by atoms with Gasteiger partial charge in [-0.15, -0.1) is 0 Å². The third-order valence-electron chi connectivity index (χ3n) is 4.71. The third kappa shape index (κ3) is 21.8. The zero-order valence-corrected chi connectivity index (χ0v) is 34.5. The van der Waals surface area contributed by atoms with Gasteiger partial charge in [0.1, 0.15) is 0 Å². The third-order valence-corrected chi connectivity index (χ3v) is 18.8. The van der Waals surface area contributed by atoms with Crippen LogP contribution in [0.3, 0.4) is 0 Å². The van der Waals surface area contributed by atoms with Crippen LogP contribution in [-0.2, 0) is 40.3 Å². The summed E-state index contributed by atoms with van der Waals surface area (Å²) in [5, 5.41) is 0. The van der Waals surface area contributed by atoms with Crippen molar-refractivity contribution in [3.05, 3.63) is 24.3 Å². The first-order valence-electron chi connectivity index (χ1n) is 14.3. The zero-order chi connectivity index (χ0) is 32.4. The van der Waals surface area contributed by atoms with Gasteiger partial charge in [-0.2, -0.15) is 0 Å². The van der Waals surface area contributed by atoms with Gasteiger partial charge in [0.25, 0.3) is 0 Å². The van der Waals surface area contributed by atoms with Crippen molar-refractivity contribution in [2.75, 3.05) is 6.61 Å². The van der Waals surface area contributed by atoms with Gasteiger partial charge in [-0.1, -0.05) is 13.2 Å². The minimum absolute atomic E-state index is 0.270. The lowest BCUT2D eigenvalue weighted by atomic mass is 10.3. The van der Waals surface area contributed by atoms with Crippen LogP contribution in [0.1, 0.15) is 26.7 Å². The van der Waals surface area contributed by atoms with Crippen LogP contribution in [-0.4, -0.2) is 82.4 Å². The number of carbonyl (C=O) groups is 2. The molecule has 0 aromatic heterocycles. The fraction of sp³-hybridized carbons (Fsp3) is 0.769. The van der Waals surface area contributed by atoms with Crippen LogP contribution in [0.4, 0.5) is 0 Å². The Kier molecular flexibility index (Phi) is 16.9. The highest BCUT2D eigenvalue weighted by atomic mass is 28.5. The second-order valence-corrected chi connectivity index (χ2v) is 37.6. The predicted molar refractivity (Wildman–Crippen MR) is 181 cm³/mol. The van der Waals surface area contributed by atoms with E-state index in [9.17, 15) is 9.59 Å². The molecule has 4 unspecified atom stereocenters. The molecule has 0 saturated heterocycles. The van der Waals surface area contributed by atoms with E-state index in [4.69, 9.17) is 30.7 Å². The Morgan fingerprint density at radius 3 is 1.61 bits per heavy atom. The minimum atomic E-state index is -2.57. The fourth-order valence-corrected chi connectivity index (χ4v) is 18.8. The summed E-state index contributed by atoms with van der Waals surface area (Å²) >= 11 is 0. The normalized spacial score (nSPS) is 16.0. The molecule has 9 nitrogen and oxygen atoms in total. The van der Waals surface area contributed by atoms with Crippen molar-refractivity contribution in [3.8, 4) is 0 Å². The first-order valence-corrected chi connectivity index (χ1v) is 31.3. The van der Waals surface area contributed by atoms with E-state index in [0.29, 0.717) is 30.0 Å². The Balaban J connectivity index is 6.31. The Hall–Kier alpha value is -0.479. The topological polar surface area (TPSA) is 98.8 Å². The van der Waals surface area contributed by atoms with Crippen LogP contribution in [0.25, 0.3) is 0 Å². The van der Waals surface area contributed by atoms with Crippen molar-refractivity contribution in [2.24, 2.45) is 0 Å². The standard InChI is InChI=1S/C26H58O9Si6/c1-21(2)25(27)29-18-17-19-36(34-40(11,12)13)33-37(35-41(14,15)16)24(32-39(8,9)10)20-23(31-38(5,6)7)30-26(28)22(3)4/h23-24,36-37H,1,3,17-20H2,2,4-16H3. The largest absolute Gasteiger partial charge is 0.462 e. The Bertz CT molecular complexity index is 873. The Labute approximate surface area is 257 Å². The van der Waals surface area contributed by atoms with Gasteiger partial charge in [-0.3, -0.25) is 0 Å². The average molecular weight is 683 g/mol. The maximum atomic E-state index is 12.6. The molecular weight excluding hydrogens is 625 g/mol. The summed E-state index contributed by atoms with van der Waals surface area (Å²) in [6.45, 7) is 36.2. The summed E-state index contributed by atoms with van der Waals surface area (Å²) in [7, 11) is -13.1. The van der Waals surface area contributed by atoms with Gasteiger partial charge in [0, 0.05) is 17.6 Å². The number of ether oxygens (including phenoxy) is 2. The molecule has 0 heterocycles. The van der Waals surface area contributed by atoms with E-state index in [-0.39, 0.29) is 6.61 Å². The van der Waals surface area contributed by atoms with Crippen molar-refractivity contribution < 1.29 is 40.3 Å². The molecule has 0 aromatic carbocycles. The molecule has 0 bridgehead atoms. The highest BCUT2D eigenvalue weighted by molar-refractivity contribution is 6.80. The molecule has 0 aliphatic carbocycles. The molecule has 4 atom stereocenters. The van der Waals surface area contributed by atoms with Gasteiger partial charge in [0.15, 0.2) is 39.6 Å². The molecule has 0 aromatic rings. The van der Waals surface area contributed by atoms with E-state index >= 15 is 0 Å². The van der Waals surface area contributed by atoms with Gasteiger partial charge in [0.05, 0.1) is 12.3 Å². The molecule has 0 rings (SSSR count). The summed E-state index contributed by atoms with van der Waals surface area (Å²) in [5.74, 6) is -0.894. The van der Waals surface area contributed by atoms with Gasteiger partial charge in [-0.05, 0) is 105 Å². The van der Waals surface area contributed by atoms with Crippen molar-refractivity contribution in [1.29, 1.82) is 0 Å². The van der Waals surface area contributed by atoms with E-state index in [1.165, 1.54) is 0 Å². The molecule has 41 heavy (non-hydrogen) atoms. The van der Waals surface area contributed by atoms with Crippen molar-refractivity contribution in [1.82, 2.24) is 0 Å². The number of rotatable bonds is 20. The molecule has 0 N–H and O–H groups in total. The predicted octanol–water partition coefficient (Wildman–Crippen LogP) is 6.10. The molecule has 0 saturated carbocycles. The maximum Gasteiger partial charge on any atom is 0.335 e. The SMILES string of the molecule is C=C(C)C(=O)OCCC[SiH](O[SiH](O[Si](C)(C)C)C(CC(OC(=O)C(=C)C)O[Si](C)(C)C)O[Si](C)(C)C)O[Si](C)(C)C. The first-order chi connectivity index (χ1) is 18.3. The monoisotopic (exact) mass is 682 g/mol. The molecule has 0 spiro atoms. The number of hydrogen-bond acceptors (Lipinski definition) is 9. The smallest absolute Gasteiger partial charge is 0.335 e. The van der Waals surface area contributed by atoms with Crippen molar-refractivity contribution >= 4 is 63.8 Å². The van der Waals surface area contributed by atoms with Crippen LogP contribution < -0.4 is 0 Å². The summed E-state index contributed by atoms with van der Waals surface area (Å²) in [6, 6.07) is 0.658. The van der Waals surface area contributed by atoms with Crippen molar-refractivity contribution in [3.63, 3.8) is 0 Å². The minimum Gasteiger partial charge on any atom is -0.462 e. The Morgan fingerprint density at radius 2 is 1.20 bits per heavy atom. The second-order valence-electron chi connectivity index (χ2n) is 14.3. The van der Waals surface area contributed by atoms with Crippen LogP contribution in [0.2, 0.25) is 84.6 Å². The van der Waals surface area contributed by atoms with E-state index in [1.54, 1.807) is 13.8 Å². The van der Waals surface area contributed by atoms with E-state index < -0.39 is 75.8 Å². The van der Waals surface area contributed by atoms with Crippen LogP contribution in [0.5, 0.6) is 0 Å². The lowest BCUT2D eigenvalue weighted by Crippen LogP contribution is -2.54. The number of hydrogen-bond donors (Lipinski definition) is 0.